The van der Waals surface area contributed by atoms with Gasteiger partial charge in [0.15, 0.2) is 11.8 Å². The van der Waals surface area contributed by atoms with Crippen LogP contribution in [0.15, 0.2) is 42.5 Å². The molecule has 0 aliphatic carbocycles. The summed E-state index contributed by atoms with van der Waals surface area (Å²) in [5.74, 6) is -0.965. The van der Waals surface area contributed by atoms with Crippen LogP contribution in [0.5, 0.6) is 0 Å². The Bertz CT molecular complexity index is 812. The molecule has 25 heavy (non-hydrogen) atoms. The molecule has 0 spiro atoms. The van der Waals surface area contributed by atoms with Gasteiger partial charge in [-0.2, -0.15) is 5.26 Å². The fourth-order valence-corrected chi connectivity index (χ4v) is 2.52. The highest BCUT2D eigenvalue weighted by Crippen LogP contribution is 2.22. The van der Waals surface area contributed by atoms with Crippen LogP contribution in [-0.4, -0.2) is 24.9 Å². The number of ketones is 1. The fraction of sp³-hybridized carbons (Fsp3) is 0.118. The van der Waals surface area contributed by atoms with Crippen molar-refractivity contribution in [3.63, 3.8) is 0 Å². The van der Waals surface area contributed by atoms with Gasteiger partial charge in [0.05, 0.1) is 24.4 Å². The zero-order valence-corrected chi connectivity index (χ0v) is 14.6. The van der Waals surface area contributed by atoms with E-state index in [4.69, 9.17) is 23.2 Å². The maximum Gasteiger partial charge on any atom is 0.337 e. The van der Waals surface area contributed by atoms with Gasteiger partial charge in [0, 0.05) is 15.6 Å². The highest BCUT2D eigenvalue weighted by atomic mass is 35.5. The predicted octanol–water partition coefficient (Wildman–Crippen LogP) is 3.47. The van der Waals surface area contributed by atoms with Crippen LogP contribution in [0.4, 0.5) is 5.69 Å². The number of hydrazine groups is 1. The second kappa shape index (κ2) is 8.49. The molecule has 0 fully saturated rings. The third kappa shape index (κ3) is 4.94. The number of carbonyl (C=O) groups excluding carboxylic acids is 2. The molecule has 0 heterocycles. The Balaban J connectivity index is 2.08. The molecule has 8 heteroatoms. The zero-order chi connectivity index (χ0) is 18.4. The van der Waals surface area contributed by atoms with E-state index in [0.29, 0.717) is 21.3 Å². The zero-order valence-electron chi connectivity index (χ0n) is 13.0. The summed E-state index contributed by atoms with van der Waals surface area (Å²) in [6.45, 7) is 0. The number of methoxy groups -OCH3 is 1. The summed E-state index contributed by atoms with van der Waals surface area (Å²) in [6.07, 6.45) is 0. The van der Waals surface area contributed by atoms with Crippen molar-refractivity contribution in [2.24, 2.45) is 0 Å². The quantitative estimate of drug-likeness (QED) is 0.454. The first kappa shape index (κ1) is 18.7. The number of ether oxygens (including phenoxy) is 1. The number of benzene rings is 2. The van der Waals surface area contributed by atoms with Gasteiger partial charge in [0.2, 0.25) is 0 Å². The third-order valence-corrected chi connectivity index (χ3v) is 3.64. The summed E-state index contributed by atoms with van der Waals surface area (Å²) < 4.78 is 4.59. The first-order valence-electron chi connectivity index (χ1n) is 7.04. The average Bonchev–Trinajstić information content (AvgIpc) is 2.60. The van der Waals surface area contributed by atoms with Crippen molar-refractivity contribution in [2.45, 2.75) is 6.04 Å². The number of nitrogens with zero attached hydrogens (tertiary/aromatic N) is 1. The lowest BCUT2D eigenvalue weighted by molar-refractivity contribution is 0.0600. The summed E-state index contributed by atoms with van der Waals surface area (Å²) in [6, 6.07) is 11.3. The van der Waals surface area contributed by atoms with E-state index in [9.17, 15) is 14.9 Å². The maximum absolute atomic E-state index is 12.4. The minimum atomic E-state index is -1.15. The second-order valence-electron chi connectivity index (χ2n) is 4.92. The van der Waals surface area contributed by atoms with Gasteiger partial charge in [-0.05, 0) is 30.3 Å². The molecule has 0 amide bonds. The molecule has 0 aliphatic heterocycles. The number of anilines is 1. The number of halogens is 2. The number of nitrogens with one attached hydrogen (secondary N) is 2. The van der Waals surface area contributed by atoms with Gasteiger partial charge in [-0.3, -0.25) is 4.79 Å². The van der Waals surface area contributed by atoms with Crippen molar-refractivity contribution in [3.8, 4) is 6.07 Å². The lowest BCUT2D eigenvalue weighted by Crippen LogP contribution is -2.39. The van der Waals surface area contributed by atoms with Crippen molar-refractivity contribution in [3.05, 3.63) is 63.6 Å². The minimum absolute atomic E-state index is 0.276. The van der Waals surface area contributed by atoms with Gasteiger partial charge >= 0.3 is 5.97 Å². The number of hydrogen-bond acceptors (Lipinski definition) is 6. The van der Waals surface area contributed by atoms with Crippen LogP contribution in [0.3, 0.4) is 0 Å². The van der Waals surface area contributed by atoms with Gasteiger partial charge in [0.25, 0.3) is 0 Å². The smallest absolute Gasteiger partial charge is 0.337 e. The summed E-state index contributed by atoms with van der Waals surface area (Å²) in [5, 5.41) is 10.1. The van der Waals surface area contributed by atoms with Crippen molar-refractivity contribution in [2.75, 3.05) is 12.5 Å². The van der Waals surface area contributed by atoms with E-state index in [2.05, 4.69) is 15.6 Å². The summed E-state index contributed by atoms with van der Waals surface area (Å²) in [5.41, 5.74) is 6.44. The Hall–Kier alpha value is -2.59. The van der Waals surface area contributed by atoms with Crippen LogP contribution in [0.2, 0.25) is 10.0 Å². The maximum atomic E-state index is 12.4. The Morgan fingerprint density at radius 1 is 1.08 bits per heavy atom. The van der Waals surface area contributed by atoms with Crippen LogP contribution in [0, 0.1) is 11.3 Å². The molecule has 0 radical (unpaired) electrons. The molecule has 1 unspecified atom stereocenters. The Morgan fingerprint density at radius 3 is 2.16 bits per heavy atom. The van der Waals surface area contributed by atoms with Gasteiger partial charge in [0.1, 0.15) is 0 Å². The molecule has 2 rings (SSSR count). The fourth-order valence-electron chi connectivity index (χ4n) is 1.99. The Labute approximate surface area is 154 Å². The molecule has 0 bridgehead atoms. The first-order valence-corrected chi connectivity index (χ1v) is 7.80. The Morgan fingerprint density at radius 2 is 1.64 bits per heavy atom. The lowest BCUT2D eigenvalue weighted by atomic mass is 10.0. The van der Waals surface area contributed by atoms with Gasteiger partial charge in [-0.15, -0.1) is 0 Å². The second-order valence-corrected chi connectivity index (χ2v) is 5.80. The first-order chi connectivity index (χ1) is 11.9. The molecular formula is C17H13Cl2N3O3. The number of nitriles is 1. The Kier molecular flexibility index (Phi) is 6.37. The largest absolute Gasteiger partial charge is 0.465 e. The number of rotatable bonds is 6. The van der Waals surface area contributed by atoms with Crippen molar-refractivity contribution in [1.29, 1.82) is 5.26 Å². The van der Waals surface area contributed by atoms with E-state index < -0.39 is 17.8 Å². The SMILES string of the molecule is COC(=O)c1ccc(C(=O)C(C#N)NNc2cc(Cl)cc(Cl)c2)cc1. The highest BCUT2D eigenvalue weighted by molar-refractivity contribution is 6.35. The molecule has 1 atom stereocenters. The monoisotopic (exact) mass is 377 g/mol. The number of hydrogen-bond donors (Lipinski definition) is 2. The molecule has 0 aromatic heterocycles. The number of Topliss-reactive ketones (excluding diaryl/α,β-unsaturated/α-hetero) is 1. The van der Waals surface area contributed by atoms with Crippen LogP contribution in [0.1, 0.15) is 20.7 Å². The summed E-state index contributed by atoms with van der Waals surface area (Å²) in [7, 11) is 1.27. The van der Waals surface area contributed by atoms with E-state index in [1.807, 2.05) is 6.07 Å². The third-order valence-electron chi connectivity index (χ3n) is 3.21. The van der Waals surface area contributed by atoms with Crippen LogP contribution in [0.25, 0.3) is 0 Å². The molecule has 0 saturated heterocycles. The standard InChI is InChI=1S/C17H13Cl2N3O3/c1-25-17(24)11-4-2-10(3-5-11)16(23)15(9-20)22-21-14-7-12(18)6-13(19)8-14/h2-8,15,21-22H,1H3. The molecular weight excluding hydrogens is 365 g/mol. The van der Waals surface area contributed by atoms with Crippen molar-refractivity contribution < 1.29 is 14.3 Å². The average molecular weight is 378 g/mol. The van der Waals surface area contributed by atoms with E-state index in [-0.39, 0.29) is 5.56 Å². The van der Waals surface area contributed by atoms with E-state index >= 15 is 0 Å². The minimum Gasteiger partial charge on any atom is -0.465 e. The van der Waals surface area contributed by atoms with Crippen LogP contribution in [-0.2, 0) is 4.74 Å². The summed E-state index contributed by atoms with van der Waals surface area (Å²) in [4.78, 5) is 23.8. The summed E-state index contributed by atoms with van der Waals surface area (Å²) >= 11 is 11.8. The molecule has 2 aromatic rings. The van der Waals surface area contributed by atoms with E-state index in [0.717, 1.165) is 0 Å². The number of carbonyl (C=O) groups is 2. The topological polar surface area (TPSA) is 91.2 Å². The van der Waals surface area contributed by atoms with Gasteiger partial charge in [-0.25, -0.2) is 10.2 Å². The van der Waals surface area contributed by atoms with Gasteiger partial charge in [-0.1, -0.05) is 35.3 Å². The number of esters is 1. The molecule has 0 saturated carbocycles. The van der Waals surface area contributed by atoms with Crippen molar-refractivity contribution >= 4 is 40.6 Å². The molecule has 2 aromatic carbocycles. The normalized spacial score (nSPS) is 11.3. The molecule has 2 N–H and O–H groups in total. The van der Waals surface area contributed by atoms with E-state index in [1.54, 1.807) is 18.2 Å². The lowest BCUT2D eigenvalue weighted by Gasteiger charge is -2.13. The van der Waals surface area contributed by atoms with Crippen molar-refractivity contribution in [1.82, 2.24) is 5.43 Å². The van der Waals surface area contributed by atoms with E-state index in [1.165, 1.54) is 31.4 Å². The van der Waals surface area contributed by atoms with Crippen LogP contribution < -0.4 is 10.9 Å². The molecule has 128 valence electrons. The van der Waals surface area contributed by atoms with Gasteiger partial charge < -0.3 is 10.2 Å². The van der Waals surface area contributed by atoms with Crippen LogP contribution >= 0.6 is 23.2 Å². The highest BCUT2D eigenvalue weighted by Gasteiger charge is 2.20. The predicted molar refractivity (Wildman–Crippen MR) is 94.7 cm³/mol. The molecule has 6 nitrogen and oxygen atoms in total. The molecule has 0 aliphatic rings.